The maximum atomic E-state index is 12.7. The lowest BCUT2D eigenvalue weighted by molar-refractivity contribution is -0.384. The van der Waals surface area contributed by atoms with Gasteiger partial charge in [-0.1, -0.05) is 6.07 Å². The van der Waals surface area contributed by atoms with Crippen molar-refractivity contribution in [3.8, 4) is 5.75 Å². The number of non-ortho nitro benzene ring substituents is 1. The van der Waals surface area contributed by atoms with Crippen molar-refractivity contribution in [2.75, 3.05) is 25.1 Å². The Hall–Kier alpha value is -3.79. The van der Waals surface area contributed by atoms with Crippen molar-refractivity contribution in [2.24, 2.45) is 0 Å². The highest BCUT2D eigenvalue weighted by Gasteiger charge is 2.37. The third-order valence-electron chi connectivity index (χ3n) is 5.06. The molecule has 3 amide bonds. The number of imide groups is 1. The van der Waals surface area contributed by atoms with Crippen molar-refractivity contribution in [2.45, 2.75) is 18.9 Å². The van der Waals surface area contributed by atoms with E-state index in [4.69, 9.17) is 9.47 Å². The van der Waals surface area contributed by atoms with Crippen molar-refractivity contribution in [1.82, 2.24) is 4.90 Å². The number of carbonyl (C=O) groups is 3. The minimum Gasteiger partial charge on any atom is -0.484 e. The van der Waals surface area contributed by atoms with E-state index < -0.39 is 16.7 Å². The summed E-state index contributed by atoms with van der Waals surface area (Å²) in [6, 6.07) is 9.98. The summed E-state index contributed by atoms with van der Waals surface area (Å²) in [5, 5.41) is 13.4. The summed E-state index contributed by atoms with van der Waals surface area (Å²) in [6.07, 6.45) is 1.56. The fraction of sp³-hybridized carbons (Fsp3) is 0.286. The van der Waals surface area contributed by atoms with Crippen LogP contribution in [0, 0.1) is 10.1 Å². The summed E-state index contributed by atoms with van der Waals surface area (Å²) in [7, 11) is 0. The normalized spacial score (nSPS) is 17.5. The second kappa shape index (κ2) is 8.52. The second-order valence-corrected chi connectivity index (χ2v) is 7.21. The molecule has 2 aromatic rings. The minimum atomic E-state index is -0.558. The number of amides is 3. The summed E-state index contributed by atoms with van der Waals surface area (Å²) < 4.78 is 10.8. The Bertz CT molecular complexity index is 1060. The average Bonchev–Trinajstić information content (AvgIpc) is 3.35. The molecule has 0 aliphatic carbocycles. The number of benzene rings is 2. The van der Waals surface area contributed by atoms with Crippen LogP contribution >= 0.6 is 0 Å². The van der Waals surface area contributed by atoms with E-state index in [9.17, 15) is 24.5 Å². The van der Waals surface area contributed by atoms with E-state index in [0.29, 0.717) is 12.3 Å². The molecule has 1 saturated heterocycles. The quantitative estimate of drug-likeness (QED) is 0.410. The maximum Gasteiger partial charge on any atom is 0.273 e. The van der Waals surface area contributed by atoms with Gasteiger partial charge in [-0.15, -0.1) is 0 Å². The molecule has 0 radical (unpaired) electrons. The van der Waals surface area contributed by atoms with E-state index in [-0.39, 0.29) is 47.7 Å². The molecule has 31 heavy (non-hydrogen) atoms. The SMILES string of the molecule is O=C(COc1cccc([N+](=O)[O-])c1)Nc1ccc2c(c1)C(=O)N(CC1CCCO1)C2=O. The molecule has 10 nitrogen and oxygen atoms in total. The Morgan fingerprint density at radius 1 is 1.19 bits per heavy atom. The number of fused-ring (bicyclic) bond motifs is 1. The molecule has 1 atom stereocenters. The monoisotopic (exact) mass is 425 g/mol. The fourth-order valence-corrected chi connectivity index (χ4v) is 3.56. The van der Waals surface area contributed by atoms with Gasteiger partial charge in [0.05, 0.1) is 34.8 Å². The smallest absolute Gasteiger partial charge is 0.273 e. The number of hydrogen-bond acceptors (Lipinski definition) is 7. The first-order valence-electron chi connectivity index (χ1n) is 9.71. The molecular formula is C21H19N3O7. The van der Waals surface area contributed by atoms with Gasteiger partial charge in [-0.05, 0) is 37.1 Å². The van der Waals surface area contributed by atoms with E-state index in [1.807, 2.05) is 0 Å². The molecule has 4 rings (SSSR count). The average molecular weight is 425 g/mol. The molecule has 2 heterocycles. The first kappa shape index (κ1) is 20.5. The van der Waals surface area contributed by atoms with Gasteiger partial charge in [-0.3, -0.25) is 29.4 Å². The molecular weight excluding hydrogens is 406 g/mol. The molecule has 1 fully saturated rings. The predicted octanol–water partition coefficient (Wildman–Crippen LogP) is 2.39. The second-order valence-electron chi connectivity index (χ2n) is 7.21. The van der Waals surface area contributed by atoms with Crippen molar-refractivity contribution in [1.29, 1.82) is 0 Å². The Morgan fingerprint density at radius 3 is 2.74 bits per heavy atom. The molecule has 0 bridgehead atoms. The van der Waals surface area contributed by atoms with E-state index in [0.717, 1.165) is 12.8 Å². The lowest BCUT2D eigenvalue weighted by Gasteiger charge is -2.17. The van der Waals surface area contributed by atoms with Crippen molar-refractivity contribution < 1.29 is 28.8 Å². The van der Waals surface area contributed by atoms with Gasteiger partial charge in [0.2, 0.25) is 0 Å². The highest BCUT2D eigenvalue weighted by Crippen LogP contribution is 2.27. The predicted molar refractivity (Wildman–Crippen MR) is 108 cm³/mol. The first-order chi connectivity index (χ1) is 14.9. The number of nitro benzene ring substituents is 1. The van der Waals surface area contributed by atoms with Gasteiger partial charge in [0.25, 0.3) is 23.4 Å². The van der Waals surface area contributed by atoms with Gasteiger partial charge < -0.3 is 14.8 Å². The number of nitrogens with one attached hydrogen (secondary N) is 1. The maximum absolute atomic E-state index is 12.7. The van der Waals surface area contributed by atoms with E-state index in [1.54, 1.807) is 0 Å². The third kappa shape index (κ3) is 4.38. The van der Waals surface area contributed by atoms with Crippen LogP contribution in [-0.2, 0) is 9.53 Å². The van der Waals surface area contributed by atoms with Crippen molar-refractivity contribution in [3.05, 3.63) is 63.7 Å². The lowest BCUT2D eigenvalue weighted by Crippen LogP contribution is -2.36. The fourth-order valence-electron chi connectivity index (χ4n) is 3.56. The first-order valence-corrected chi connectivity index (χ1v) is 9.71. The Balaban J connectivity index is 1.38. The molecule has 0 saturated carbocycles. The molecule has 0 spiro atoms. The number of nitro groups is 1. The molecule has 1 N–H and O–H groups in total. The van der Waals surface area contributed by atoms with Crippen LogP contribution in [-0.4, -0.2) is 53.4 Å². The third-order valence-corrected chi connectivity index (χ3v) is 5.06. The summed E-state index contributed by atoms with van der Waals surface area (Å²) in [6.45, 7) is 0.462. The molecule has 160 valence electrons. The Morgan fingerprint density at radius 2 is 2.00 bits per heavy atom. The molecule has 2 aliphatic rings. The van der Waals surface area contributed by atoms with E-state index >= 15 is 0 Å². The minimum absolute atomic E-state index is 0.146. The van der Waals surface area contributed by atoms with Gasteiger partial charge in [0.1, 0.15) is 5.75 Å². The van der Waals surface area contributed by atoms with Crippen molar-refractivity contribution in [3.63, 3.8) is 0 Å². The largest absolute Gasteiger partial charge is 0.484 e. The highest BCUT2D eigenvalue weighted by atomic mass is 16.6. The van der Waals surface area contributed by atoms with Gasteiger partial charge in [0.15, 0.2) is 6.61 Å². The zero-order chi connectivity index (χ0) is 22.0. The molecule has 10 heteroatoms. The summed E-state index contributed by atoms with van der Waals surface area (Å²) in [4.78, 5) is 48.9. The molecule has 2 aromatic carbocycles. The van der Waals surface area contributed by atoms with Crippen LogP contribution in [0.3, 0.4) is 0 Å². The zero-order valence-corrected chi connectivity index (χ0v) is 16.4. The summed E-state index contributed by atoms with van der Waals surface area (Å²) in [5.41, 5.74) is 0.702. The van der Waals surface area contributed by atoms with Crippen LogP contribution in [0.25, 0.3) is 0 Å². The standard InChI is InChI=1S/C21H19N3O7/c25-19(12-31-15-4-1-3-14(10-15)24(28)29)22-13-6-7-17-18(9-13)21(27)23(20(17)26)11-16-5-2-8-30-16/h1,3-4,6-7,9-10,16H,2,5,8,11-12H2,(H,22,25). The lowest BCUT2D eigenvalue weighted by atomic mass is 10.1. The van der Waals surface area contributed by atoms with Crippen LogP contribution < -0.4 is 10.1 Å². The van der Waals surface area contributed by atoms with Crippen LogP contribution in [0.2, 0.25) is 0 Å². The van der Waals surface area contributed by atoms with E-state index in [2.05, 4.69) is 5.32 Å². The van der Waals surface area contributed by atoms with Gasteiger partial charge in [-0.25, -0.2) is 0 Å². The molecule has 0 aromatic heterocycles. The number of rotatable bonds is 7. The number of anilines is 1. The van der Waals surface area contributed by atoms with Crippen LogP contribution in [0.15, 0.2) is 42.5 Å². The number of carbonyl (C=O) groups excluding carboxylic acids is 3. The van der Waals surface area contributed by atoms with Gasteiger partial charge in [0, 0.05) is 18.4 Å². The summed E-state index contributed by atoms with van der Waals surface area (Å²) in [5.74, 6) is -1.12. The number of hydrogen-bond donors (Lipinski definition) is 1. The Kier molecular flexibility index (Phi) is 5.63. The Labute approximate surface area is 176 Å². The van der Waals surface area contributed by atoms with Crippen molar-refractivity contribution >= 4 is 29.1 Å². The highest BCUT2D eigenvalue weighted by molar-refractivity contribution is 6.21. The summed E-state index contributed by atoms with van der Waals surface area (Å²) >= 11 is 0. The topological polar surface area (TPSA) is 128 Å². The van der Waals surface area contributed by atoms with Gasteiger partial charge >= 0.3 is 0 Å². The number of ether oxygens (including phenoxy) is 2. The zero-order valence-electron chi connectivity index (χ0n) is 16.4. The van der Waals surface area contributed by atoms with Crippen LogP contribution in [0.5, 0.6) is 5.75 Å². The van der Waals surface area contributed by atoms with Gasteiger partial charge in [-0.2, -0.15) is 0 Å². The molecule has 1 unspecified atom stereocenters. The van der Waals surface area contributed by atoms with Crippen LogP contribution in [0.4, 0.5) is 11.4 Å². The van der Waals surface area contributed by atoms with E-state index in [1.165, 1.54) is 47.4 Å². The molecule has 2 aliphatic heterocycles. The van der Waals surface area contributed by atoms with Crippen LogP contribution in [0.1, 0.15) is 33.6 Å². The number of nitrogens with zero attached hydrogens (tertiary/aromatic N) is 2.